The molecule has 1 N–H and O–H groups in total. The SMILES string of the molecule is Cc1ccc(CNCC2Cc3cc(Cl)ccc3O2)cc1. The number of hydrogen-bond acceptors (Lipinski definition) is 2. The van der Waals surface area contributed by atoms with Crippen LogP contribution < -0.4 is 10.1 Å². The van der Waals surface area contributed by atoms with E-state index in [1.54, 1.807) is 0 Å². The van der Waals surface area contributed by atoms with Crippen LogP contribution in [0.2, 0.25) is 5.02 Å². The maximum absolute atomic E-state index is 6.00. The summed E-state index contributed by atoms with van der Waals surface area (Å²) in [5.41, 5.74) is 3.80. The molecule has 1 aliphatic rings. The molecule has 0 aliphatic carbocycles. The smallest absolute Gasteiger partial charge is 0.123 e. The molecule has 3 rings (SSSR count). The lowest BCUT2D eigenvalue weighted by Crippen LogP contribution is -2.29. The molecule has 0 aromatic heterocycles. The summed E-state index contributed by atoms with van der Waals surface area (Å²) in [6.45, 7) is 3.82. The van der Waals surface area contributed by atoms with Crippen molar-refractivity contribution in [3.05, 3.63) is 64.2 Å². The van der Waals surface area contributed by atoms with E-state index in [2.05, 4.69) is 36.5 Å². The zero-order chi connectivity index (χ0) is 13.9. The Morgan fingerprint density at radius 3 is 2.80 bits per heavy atom. The molecule has 0 fully saturated rings. The first kappa shape index (κ1) is 13.5. The topological polar surface area (TPSA) is 21.3 Å². The molecular weight excluding hydrogens is 270 g/mol. The summed E-state index contributed by atoms with van der Waals surface area (Å²) in [4.78, 5) is 0. The van der Waals surface area contributed by atoms with Gasteiger partial charge in [0.25, 0.3) is 0 Å². The fourth-order valence-corrected chi connectivity index (χ4v) is 2.68. The highest BCUT2D eigenvalue weighted by molar-refractivity contribution is 6.30. The average Bonchev–Trinajstić information content (AvgIpc) is 2.83. The third kappa shape index (κ3) is 3.14. The highest BCUT2D eigenvalue weighted by Gasteiger charge is 2.22. The van der Waals surface area contributed by atoms with Crippen LogP contribution in [0.25, 0.3) is 0 Å². The molecule has 1 heterocycles. The van der Waals surface area contributed by atoms with E-state index in [1.165, 1.54) is 16.7 Å². The Kier molecular flexibility index (Phi) is 3.95. The van der Waals surface area contributed by atoms with Gasteiger partial charge in [0, 0.05) is 24.5 Å². The highest BCUT2D eigenvalue weighted by atomic mass is 35.5. The van der Waals surface area contributed by atoms with Crippen molar-refractivity contribution in [3.8, 4) is 5.75 Å². The number of ether oxygens (including phenoxy) is 1. The van der Waals surface area contributed by atoms with E-state index < -0.39 is 0 Å². The molecule has 2 nitrogen and oxygen atoms in total. The van der Waals surface area contributed by atoms with Gasteiger partial charge in [0.05, 0.1) is 0 Å². The van der Waals surface area contributed by atoms with Crippen molar-refractivity contribution in [2.45, 2.75) is 26.0 Å². The Bertz CT molecular complexity index is 594. The molecule has 0 radical (unpaired) electrons. The fraction of sp³-hybridized carbons (Fsp3) is 0.294. The average molecular weight is 288 g/mol. The predicted octanol–water partition coefficient (Wildman–Crippen LogP) is 3.74. The normalized spacial score (nSPS) is 16.8. The third-order valence-corrected chi connectivity index (χ3v) is 3.82. The van der Waals surface area contributed by atoms with E-state index in [1.807, 2.05) is 18.2 Å². The minimum absolute atomic E-state index is 0.203. The van der Waals surface area contributed by atoms with Crippen LogP contribution in [0.1, 0.15) is 16.7 Å². The van der Waals surface area contributed by atoms with Crippen LogP contribution >= 0.6 is 11.6 Å². The summed E-state index contributed by atoms with van der Waals surface area (Å²) in [6, 6.07) is 14.4. The van der Waals surface area contributed by atoms with E-state index in [-0.39, 0.29) is 6.10 Å². The largest absolute Gasteiger partial charge is 0.488 e. The fourth-order valence-electron chi connectivity index (χ4n) is 2.49. The van der Waals surface area contributed by atoms with Gasteiger partial charge >= 0.3 is 0 Å². The molecule has 0 spiro atoms. The van der Waals surface area contributed by atoms with Gasteiger partial charge in [-0.2, -0.15) is 0 Å². The van der Waals surface area contributed by atoms with Gasteiger partial charge < -0.3 is 10.1 Å². The maximum atomic E-state index is 6.00. The summed E-state index contributed by atoms with van der Waals surface area (Å²) in [6.07, 6.45) is 1.13. The van der Waals surface area contributed by atoms with Gasteiger partial charge in [0.2, 0.25) is 0 Å². The molecule has 0 bridgehead atoms. The number of aryl methyl sites for hydroxylation is 1. The zero-order valence-corrected chi connectivity index (χ0v) is 12.3. The summed E-state index contributed by atoms with van der Waals surface area (Å²) in [5, 5.41) is 4.23. The molecule has 0 saturated heterocycles. The zero-order valence-electron chi connectivity index (χ0n) is 11.5. The second-order valence-electron chi connectivity index (χ2n) is 5.31. The van der Waals surface area contributed by atoms with E-state index in [4.69, 9.17) is 16.3 Å². The van der Waals surface area contributed by atoms with Gasteiger partial charge in [-0.25, -0.2) is 0 Å². The van der Waals surface area contributed by atoms with Crippen molar-refractivity contribution in [2.75, 3.05) is 6.54 Å². The van der Waals surface area contributed by atoms with Crippen molar-refractivity contribution < 1.29 is 4.74 Å². The minimum Gasteiger partial charge on any atom is -0.488 e. The quantitative estimate of drug-likeness (QED) is 0.925. The van der Waals surface area contributed by atoms with E-state index >= 15 is 0 Å². The molecule has 1 unspecified atom stereocenters. The van der Waals surface area contributed by atoms with Gasteiger partial charge in [0.1, 0.15) is 11.9 Å². The van der Waals surface area contributed by atoms with E-state index in [0.29, 0.717) is 0 Å². The third-order valence-electron chi connectivity index (χ3n) is 3.59. The van der Waals surface area contributed by atoms with Gasteiger partial charge in [-0.3, -0.25) is 0 Å². The number of hydrogen-bond donors (Lipinski definition) is 1. The number of fused-ring (bicyclic) bond motifs is 1. The lowest BCUT2D eigenvalue weighted by molar-refractivity contribution is 0.227. The highest BCUT2D eigenvalue weighted by Crippen LogP contribution is 2.30. The van der Waals surface area contributed by atoms with Gasteiger partial charge in [-0.1, -0.05) is 41.4 Å². The molecule has 2 aromatic rings. The van der Waals surface area contributed by atoms with Crippen LogP contribution in [-0.4, -0.2) is 12.6 Å². The van der Waals surface area contributed by atoms with Crippen molar-refractivity contribution in [3.63, 3.8) is 0 Å². The van der Waals surface area contributed by atoms with Crippen molar-refractivity contribution in [1.82, 2.24) is 5.32 Å². The lowest BCUT2D eigenvalue weighted by Gasteiger charge is -2.12. The lowest BCUT2D eigenvalue weighted by atomic mass is 10.1. The Morgan fingerprint density at radius 2 is 2.00 bits per heavy atom. The monoisotopic (exact) mass is 287 g/mol. The first-order valence-electron chi connectivity index (χ1n) is 6.92. The first-order chi connectivity index (χ1) is 9.70. The summed E-state index contributed by atoms with van der Waals surface area (Å²) in [7, 11) is 0. The summed E-state index contributed by atoms with van der Waals surface area (Å²) in [5.74, 6) is 0.969. The van der Waals surface area contributed by atoms with Crippen LogP contribution in [0.5, 0.6) is 5.75 Å². The predicted molar refractivity (Wildman–Crippen MR) is 82.5 cm³/mol. The molecular formula is C17H18ClNO. The van der Waals surface area contributed by atoms with Crippen LogP contribution in [0.4, 0.5) is 0 Å². The van der Waals surface area contributed by atoms with Gasteiger partial charge in [-0.05, 0) is 36.2 Å². The van der Waals surface area contributed by atoms with Crippen LogP contribution in [0.3, 0.4) is 0 Å². The summed E-state index contributed by atoms with van der Waals surface area (Å²) < 4.78 is 5.90. The Hall–Kier alpha value is -1.51. The summed E-state index contributed by atoms with van der Waals surface area (Å²) >= 11 is 6.00. The Labute approximate surface area is 124 Å². The van der Waals surface area contributed by atoms with Gasteiger partial charge in [0.15, 0.2) is 0 Å². The number of benzene rings is 2. The van der Waals surface area contributed by atoms with Crippen LogP contribution in [0.15, 0.2) is 42.5 Å². The van der Waals surface area contributed by atoms with E-state index in [9.17, 15) is 0 Å². The minimum atomic E-state index is 0.203. The van der Waals surface area contributed by atoms with Crippen molar-refractivity contribution in [1.29, 1.82) is 0 Å². The van der Waals surface area contributed by atoms with Crippen molar-refractivity contribution in [2.24, 2.45) is 0 Å². The Balaban J connectivity index is 1.50. The second-order valence-corrected chi connectivity index (χ2v) is 5.75. The molecule has 2 aromatic carbocycles. The number of rotatable bonds is 4. The molecule has 0 amide bonds. The van der Waals surface area contributed by atoms with Gasteiger partial charge in [-0.15, -0.1) is 0 Å². The molecule has 3 heteroatoms. The standard InChI is InChI=1S/C17H18ClNO/c1-12-2-4-13(5-3-12)10-19-11-16-9-14-8-15(18)6-7-17(14)20-16/h2-8,16,19H,9-11H2,1H3. The number of nitrogens with one attached hydrogen (secondary N) is 1. The van der Waals surface area contributed by atoms with E-state index in [0.717, 1.165) is 30.3 Å². The van der Waals surface area contributed by atoms with Crippen LogP contribution in [-0.2, 0) is 13.0 Å². The molecule has 1 aliphatic heterocycles. The van der Waals surface area contributed by atoms with Crippen LogP contribution in [0, 0.1) is 6.92 Å². The number of halogens is 1. The first-order valence-corrected chi connectivity index (χ1v) is 7.30. The second kappa shape index (κ2) is 5.86. The molecule has 20 heavy (non-hydrogen) atoms. The maximum Gasteiger partial charge on any atom is 0.123 e. The molecule has 1 atom stereocenters. The Morgan fingerprint density at radius 1 is 1.20 bits per heavy atom. The molecule has 104 valence electrons. The van der Waals surface area contributed by atoms with Crippen molar-refractivity contribution >= 4 is 11.6 Å². The molecule has 0 saturated carbocycles.